The van der Waals surface area contributed by atoms with Crippen LogP contribution in [0.1, 0.15) is 10.4 Å². The number of aromatic hydroxyl groups is 1. The fraction of sp³-hybridized carbons (Fsp3) is 0.250. The number of hydrogen-bond donors (Lipinski definition) is 6. The zero-order chi connectivity index (χ0) is 37.6. The van der Waals surface area contributed by atoms with Gasteiger partial charge in [-0.25, -0.2) is 13.6 Å². The van der Waals surface area contributed by atoms with Crippen LogP contribution in [0.2, 0.25) is 0 Å². The van der Waals surface area contributed by atoms with Crippen LogP contribution in [0, 0.1) is 11.6 Å². The first-order valence-electron chi connectivity index (χ1n) is 14.6. The Morgan fingerprint density at radius 2 is 1.35 bits per heavy atom. The lowest BCUT2D eigenvalue weighted by molar-refractivity contribution is -0.142. The first kappa shape index (κ1) is 37.5. The smallest absolute Gasteiger partial charge is 0.336 e. The van der Waals surface area contributed by atoms with Crippen LogP contribution in [-0.4, -0.2) is 118 Å². The van der Waals surface area contributed by atoms with Gasteiger partial charge in [-0.2, -0.15) is 0 Å². The van der Waals surface area contributed by atoms with Crippen molar-refractivity contribution in [2.75, 3.05) is 57.4 Å². The summed E-state index contributed by atoms with van der Waals surface area (Å²) in [5, 5.41) is 57.1. The molecule has 0 fully saturated rings. The summed E-state index contributed by atoms with van der Waals surface area (Å²) in [4.78, 5) is 72.2. The Morgan fingerprint density at radius 1 is 0.725 bits per heavy atom. The van der Waals surface area contributed by atoms with Crippen LogP contribution in [0.15, 0.2) is 45.6 Å². The number of carboxylic acids is 5. The van der Waals surface area contributed by atoms with Crippen LogP contribution in [0.25, 0.3) is 33.4 Å². The number of nitrogens with zero attached hydrogens (tertiary/aromatic N) is 2. The number of anilines is 1. The first-order chi connectivity index (χ1) is 24.0. The van der Waals surface area contributed by atoms with Gasteiger partial charge in [0, 0.05) is 40.8 Å². The van der Waals surface area contributed by atoms with Crippen LogP contribution in [0.4, 0.5) is 14.5 Å². The molecular weight excluding hydrogens is 690 g/mol. The summed E-state index contributed by atoms with van der Waals surface area (Å²) in [6.07, 6.45) is 0. The topological polar surface area (TPSA) is 262 Å². The minimum Gasteiger partial charge on any atom is -0.505 e. The van der Waals surface area contributed by atoms with Crippen LogP contribution >= 0.6 is 0 Å². The van der Waals surface area contributed by atoms with Gasteiger partial charge < -0.3 is 49.4 Å². The normalized spacial score (nSPS) is 11.2. The van der Waals surface area contributed by atoms with E-state index in [0.29, 0.717) is 0 Å². The van der Waals surface area contributed by atoms with Crippen molar-refractivity contribution in [3.05, 3.63) is 63.8 Å². The van der Waals surface area contributed by atoms with Crippen molar-refractivity contribution in [3.8, 4) is 33.9 Å². The van der Waals surface area contributed by atoms with Crippen molar-refractivity contribution >= 4 is 46.5 Å². The number of benzene rings is 3. The summed E-state index contributed by atoms with van der Waals surface area (Å²) in [6.45, 7) is -3.96. The lowest BCUT2D eigenvalue weighted by Gasteiger charge is -2.26. The number of aromatic carboxylic acids is 1. The number of hydrogen-bond acceptors (Lipinski definition) is 12. The van der Waals surface area contributed by atoms with Gasteiger partial charge in [0.1, 0.15) is 36.8 Å². The van der Waals surface area contributed by atoms with Crippen LogP contribution < -0.4 is 15.1 Å². The Balaban J connectivity index is 1.85. The number of fused-ring (bicyclic) bond motifs is 2. The molecule has 1 aliphatic heterocycles. The van der Waals surface area contributed by atoms with Gasteiger partial charge in [0.15, 0.2) is 17.4 Å². The summed E-state index contributed by atoms with van der Waals surface area (Å²) in [7, 11) is 0. The third kappa shape index (κ3) is 9.22. The minimum absolute atomic E-state index is 0.112. The van der Waals surface area contributed by atoms with Gasteiger partial charge in [0.25, 0.3) is 0 Å². The minimum atomic E-state index is -1.65. The SMILES string of the molecule is O=C(O)CN(CCOCCOc1cc(-c2c3cc(F)c(=O)cc-3oc3cc(O)c(F)cc23)c(C(=O)O)cc1N(CC(=O)O)CC(=O)O)CC(=O)O. The molecule has 0 amide bonds. The number of halogens is 2. The number of rotatable bonds is 18. The molecule has 17 nitrogen and oxygen atoms in total. The zero-order valence-corrected chi connectivity index (χ0v) is 26.1. The molecule has 0 unspecified atom stereocenters. The van der Waals surface area contributed by atoms with E-state index < -0.39 is 84.4 Å². The molecule has 0 spiro atoms. The lowest BCUT2D eigenvalue weighted by atomic mass is 9.90. The highest BCUT2D eigenvalue weighted by molar-refractivity contribution is 6.08. The van der Waals surface area contributed by atoms with Crippen LogP contribution in [0.5, 0.6) is 11.5 Å². The summed E-state index contributed by atoms with van der Waals surface area (Å²) in [5.74, 6) is -11.1. The molecule has 0 bridgehead atoms. The standard InChI is InChI=1S/C32H28F2N2O15/c33-19-5-17-24(9-22(19)37)51-25-10-23(38)20(34)6-18(25)31(17)15-8-26(50-4-3-49-2-1-35(11-27(39)40)12-28(41)42)21(7-16(15)32(47)48)36(13-29(43)44)14-30(45)46/h5-10,37H,1-4,11-14H2,(H,39,40)(H,41,42)(H,43,44)(H,45,46)(H,47,48). The van der Waals surface area contributed by atoms with E-state index in [9.17, 15) is 58.0 Å². The predicted octanol–water partition coefficient (Wildman–Crippen LogP) is 2.09. The number of carboxylic acid groups (broad SMARTS) is 5. The van der Waals surface area contributed by atoms with Gasteiger partial charge in [-0.1, -0.05) is 0 Å². The van der Waals surface area contributed by atoms with Gasteiger partial charge in [-0.05, 0) is 24.3 Å². The second-order valence-corrected chi connectivity index (χ2v) is 10.8. The average Bonchev–Trinajstić information content (AvgIpc) is 3.01. The van der Waals surface area contributed by atoms with Gasteiger partial charge in [0.05, 0.1) is 37.6 Å². The van der Waals surface area contributed by atoms with E-state index in [2.05, 4.69) is 0 Å². The Hall–Kier alpha value is -6.34. The predicted molar refractivity (Wildman–Crippen MR) is 169 cm³/mol. The van der Waals surface area contributed by atoms with Gasteiger partial charge in [-0.3, -0.25) is 28.9 Å². The highest BCUT2D eigenvalue weighted by Crippen LogP contribution is 2.45. The largest absolute Gasteiger partial charge is 0.505 e. The van der Waals surface area contributed by atoms with E-state index in [4.69, 9.17) is 24.1 Å². The van der Waals surface area contributed by atoms with E-state index in [-0.39, 0.29) is 71.2 Å². The Bertz CT molecular complexity index is 2020. The molecule has 19 heteroatoms. The Labute approximate surface area is 284 Å². The van der Waals surface area contributed by atoms with E-state index in [1.165, 1.54) is 0 Å². The molecule has 1 aliphatic carbocycles. The number of aliphatic carboxylic acids is 4. The molecule has 0 atom stereocenters. The van der Waals surface area contributed by atoms with E-state index in [1.54, 1.807) is 0 Å². The van der Waals surface area contributed by atoms with Gasteiger partial charge in [-0.15, -0.1) is 0 Å². The number of ether oxygens (including phenoxy) is 2. The summed E-state index contributed by atoms with van der Waals surface area (Å²) < 4.78 is 46.3. The average molecular weight is 719 g/mol. The fourth-order valence-corrected chi connectivity index (χ4v) is 5.16. The maximum atomic E-state index is 14.7. The quantitative estimate of drug-likeness (QED) is 0.0635. The van der Waals surface area contributed by atoms with Crippen molar-refractivity contribution in [2.24, 2.45) is 0 Å². The first-order valence-corrected chi connectivity index (χ1v) is 14.6. The highest BCUT2D eigenvalue weighted by Gasteiger charge is 2.28. The van der Waals surface area contributed by atoms with Crippen molar-refractivity contribution in [2.45, 2.75) is 0 Å². The third-order valence-electron chi connectivity index (χ3n) is 7.19. The van der Waals surface area contributed by atoms with Crippen molar-refractivity contribution < 1.29 is 77.3 Å². The molecule has 2 aliphatic rings. The van der Waals surface area contributed by atoms with Gasteiger partial charge in [0.2, 0.25) is 5.43 Å². The summed E-state index contributed by atoms with van der Waals surface area (Å²) in [5.41, 5.74) is -3.05. The number of phenolic OH excluding ortho intramolecular Hbond substituents is 1. The lowest BCUT2D eigenvalue weighted by Crippen LogP contribution is -2.37. The Morgan fingerprint density at radius 3 is 1.94 bits per heavy atom. The molecule has 51 heavy (non-hydrogen) atoms. The molecule has 2 aromatic rings. The van der Waals surface area contributed by atoms with E-state index >= 15 is 0 Å². The van der Waals surface area contributed by atoms with Crippen molar-refractivity contribution in [1.29, 1.82) is 0 Å². The summed E-state index contributed by atoms with van der Waals surface area (Å²) >= 11 is 0. The highest BCUT2D eigenvalue weighted by atomic mass is 19.1. The summed E-state index contributed by atoms with van der Waals surface area (Å²) in [6, 6.07) is 5.06. The molecule has 0 saturated heterocycles. The molecule has 270 valence electrons. The van der Waals surface area contributed by atoms with E-state index in [1.807, 2.05) is 0 Å². The molecule has 0 saturated carbocycles. The maximum absolute atomic E-state index is 14.7. The maximum Gasteiger partial charge on any atom is 0.336 e. The van der Waals surface area contributed by atoms with Crippen LogP contribution in [-0.2, 0) is 23.9 Å². The number of carbonyl (C=O) groups is 5. The third-order valence-corrected chi connectivity index (χ3v) is 7.19. The number of phenols is 1. The molecular formula is C32H28F2N2O15. The second kappa shape index (κ2) is 15.9. The van der Waals surface area contributed by atoms with Gasteiger partial charge >= 0.3 is 29.8 Å². The Kier molecular flexibility index (Phi) is 11.7. The van der Waals surface area contributed by atoms with Crippen molar-refractivity contribution in [3.63, 3.8) is 0 Å². The molecule has 4 rings (SSSR count). The molecule has 1 heterocycles. The zero-order valence-electron chi connectivity index (χ0n) is 26.1. The molecule has 0 aromatic heterocycles. The second-order valence-electron chi connectivity index (χ2n) is 10.8. The van der Waals surface area contributed by atoms with E-state index in [0.717, 1.165) is 46.2 Å². The molecule has 2 aromatic carbocycles. The van der Waals surface area contributed by atoms with Crippen molar-refractivity contribution in [1.82, 2.24) is 4.90 Å². The fourth-order valence-electron chi connectivity index (χ4n) is 5.16. The molecule has 0 radical (unpaired) electrons. The monoisotopic (exact) mass is 718 g/mol. The molecule has 6 N–H and O–H groups in total. The van der Waals surface area contributed by atoms with Crippen LogP contribution in [0.3, 0.4) is 0 Å².